The molecule has 1 fully saturated rings. The molecule has 1 atom stereocenters. The number of nitrogens with zero attached hydrogens (tertiary/aromatic N) is 4. The van der Waals surface area contributed by atoms with Crippen molar-refractivity contribution in [3.63, 3.8) is 0 Å². The highest BCUT2D eigenvalue weighted by Gasteiger charge is 2.32. The van der Waals surface area contributed by atoms with Crippen molar-refractivity contribution in [1.29, 1.82) is 0 Å². The number of aromatic nitrogens is 2. The summed E-state index contributed by atoms with van der Waals surface area (Å²) < 4.78 is 28.8. The Labute approximate surface area is 126 Å². The molecule has 1 aromatic heterocycles. The van der Waals surface area contributed by atoms with Crippen molar-refractivity contribution < 1.29 is 8.42 Å². The van der Waals surface area contributed by atoms with Crippen LogP contribution in [0.4, 0.5) is 0 Å². The molecule has 0 aromatic carbocycles. The maximum atomic E-state index is 12.8. The summed E-state index contributed by atoms with van der Waals surface area (Å²) in [6, 6.07) is -0.0325. The van der Waals surface area contributed by atoms with Crippen LogP contribution >= 0.6 is 0 Å². The second-order valence-corrected chi connectivity index (χ2v) is 7.55. The summed E-state index contributed by atoms with van der Waals surface area (Å²) in [6.45, 7) is 5.40. The van der Waals surface area contributed by atoms with Gasteiger partial charge in [-0.3, -0.25) is 4.68 Å². The number of likely N-dealkylation sites (N-methyl/N-ethyl adjacent to an activating group) is 1. The molecule has 2 N–H and O–H groups in total. The lowest BCUT2D eigenvalue weighted by atomic mass is 10.3. The number of nitrogens with two attached hydrogens (primary N) is 1. The van der Waals surface area contributed by atoms with Gasteiger partial charge in [0, 0.05) is 31.9 Å². The number of hydrogen-bond donors (Lipinski definition) is 1. The van der Waals surface area contributed by atoms with E-state index in [2.05, 4.69) is 10.00 Å². The van der Waals surface area contributed by atoms with Crippen LogP contribution in [0.2, 0.25) is 0 Å². The van der Waals surface area contributed by atoms with Gasteiger partial charge in [0.05, 0.1) is 6.20 Å². The summed E-state index contributed by atoms with van der Waals surface area (Å²) in [4.78, 5) is 2.45. The van der Waals surface area contributed by atoms with E-state index in [0.29, 0.717) is 19.6 Å². The monoisotopic (exact) mass is 315 g/mol. The van der Waals surface area contributed by atoms with Crippen LogP contribution in [0.3, 0.4) is 0 Å². The van der Waals surface area contributed by atoms with Crippen LogP contribution in [0.15, 0.2) is 17.3 Å². The molecule has 1 saturated heterocycles. The minimum Gasteiger partial charge on any atom is -0.330 e. The molecule has 7 nitrogen and oxygen atoms in total. The summed E-state index contributed by atoms with van der Waals surface area (Å²) in [5.74, 6) is 0. The van der Waals surface area contributed by atoms with Crippen LogP contribution in [0.5, 0.6) is 0 Å². The molecule has 8 heteroatoms. The first-order valence-corrected chi connectivity index (χ1v) is 8.82. The van der Waals surface area contributed by atoms with Gasteiger partial charge < -0.3 is 10.6 Å². The molecule has 21 heavy (non-hydrogen) atoms. The smallest absolute Gasteiger partial charge is 0.246 e. The molecule has 1 aromatic rings. The van der Waals surface area contributed by atoms with Gasteiger partial charge in [-0.05, 0) is 39.9 Å². The number of sulfonamides is 1. The van der Waals surface area contributed by atoms with Crippen LogP contribution in [0, 0.1) is 0 Å². The van der Waals surface area contributed by atoms with Crippen molar-refractivity contribution >= 4 is 10.0 Å². The first-order valence-electron chi connectivity index (χ1n) is 7.38. The summed E-state index contributed by atoms with van der Waals surface area (Å²) in [7, 11) is -1.44. The summed E-state index contributed by atoms with van der Waals surface area (Å²) in [5.41, 5.74) is 5.46. The third-order valence-corrected chi connectivity index (χ3v) is 5.76. The molecule has 0 aliphatic carbocycles. The normalized spacial score (nSPS) is 22.3. The van der Waals surface area contributed by atoms with Crippen molar-refractivity contribution in [1.82, 2.24) is 19.0 Å². The molecule has 2 heterocycles. The van der Waals surface area contributed by atoms with Crippen LogP contribution < -0.4 is 5.73 Å². The summed E-state index contributed by atoms with van der Waals surface area (Å²) in [5, 5.41) is 4.12. The molecule has 0 amide bonds. The SMILES string of the molecule is CC1CN(C)CCCN1S(=O)(=O)c1cnn(CCCN)c1. The van der Waals surface area contributed by atoms with Gasteiger partial charge in [-0.15, -0.1) is 0 Å². The Morgan fingerprint density at radius 2 is 2.19 bits per heavy atom. The van der Waals surface area contributed by atoms with Crippen molar-refractivity contribution in [3.8, 4) is 0 Å². The molecule has 2 rings (SSSR count). The van der Waals surface area contributed by atoms with E-state index in [9.17, 15) is 8.42 Å². The largest absolute Gasteiger partial charge is 0.330 e. The van der Waals surface area contributed by atoms with Gasteiger partial charge in [0.2, 0.25) is 10.0 Å². The van der Waals surface area contributed by atoms with Gasteiger partial charge in [-0.2, -0.15) is 9.40 Å². The van der Waals surface area contributed by atoms with Crippen LogP contribution in [0.1, 0.15) is 19.8 Å². The van der Waals surface area contributed by atoms with Crippen LogP contribution in [-0.4, -0.2) is 66.7 Å². The van der Waals surface area contributed by atoms with Crippen molar-refractivity contribution in [2.75, 3.05) is 33.2 Å². The average Bonchev–Trinajstić information content (AvgIpc) is 2.83. The Morgan fingerprint density at radius 3 is 2.90 bits per heavy atom. The predicted octanol–water partition coefficient (Wildman–Crippen LogP) is -0.0534. The van der Waals surface area contributed by atoms with E-state index in [1.165, 1.54) is 6.20 Å². The Kier molecular flexibility index (Phi) is 5.37. The molecule has 1 unspecified atom stereocenters. The molecule has 0 bridgehead atoms. The van der Waals surface area contributed by atoms with Crippen molar-refractivity contribution in [2.24, 2.45) is 5.73 Å². The van der Waals surface area contributed by atoms with Crippen LogP contribution in [0.25, 0.3) is 0 Å². The van der Waals surface area contributed by atoms with Crippen LogP contribution in [-0.2, 0) is 16.6 Å². The fraction of sp³-hybridized carbons (Fsp3) is 0.769. The minimum atomic E-state index is -3.47. The van der Waals surface area contributed by atoms with Gasteiger partial charge in [0.25, 0.3) is 0 Å². The zero-order valence-electron chi connectivity index (χ0n) is 12.8. The lowest BCUT2D eigenvalue weighted by molar-refractivity contribution is 0.290. The fourth-order valence-corrected chi connectivity index (χ4v) is 4.31. The highest BCUT2D eigenvalue weighted by molar-refractivity contribution is 7.89. The highest BCUT2D eigenvalue weighted by Crippen LogP contribution is 2.20. The number of hydrogen-bond acceptors (Lipinski definition) is 5. The van der Waals surface area contributed by atoms with Crippen molar-refractivity contribution in [3.05, 3.63) is 12.4 Å². The van der Waals surface area contributed by atoms with E-state index in [4.69, 9.17) is 5.73 Å². The third kappa shape index (κ3) is 3.82. The average molecular weight is 315 g/mol. The van der Waals surface area contributed by atoms with E-state index in [-0.39, 0.29) is 10.9 Å². The first kappa shape index (κ1) is 16.4. The molecular formula is C13H25N5O2S. The Hall–Kier alpha value is -0.960. The van der Waals surface area contributed by atoms with E-state index in [0.717, 1.165) is 25.9 Å². The maximum Gasteiger partial charge on any atom is 0.246 e. The molecule has 1 aliphatic rings. The van der Waals surface area contributed by atoms with Gasteiger partial charge in [0.15, 0.2) is 0 Å². The number of rotatable bonds is 5. The Morgan fingerprint density at radius 1 is 1.43 bits per heavy atom. The first-order chi connectivity index (χ1) is 9.95. The second kappa shape index (κ2) is 6.87. The zero-order valence-corrected chi connectivity index (χ0v) is 13.6. The van der Waals surface area contributed by atoms with E-state index in [1.807, 2.05) is 14.0 Å². The molecule has 1 aliphatic heterocycles. The summed E-state index contributed by atoms with van der Waals surface area (Å²) in [6.07, 6.45) is 4.67. The quantitative estimate of drug-likeness (QED) is 0.823. The maximum absolute atomic E-state index is 12.8. The minimum absolute atomic E-state index is 0.0325. The molecule has 0 radical (unpaired) electrons. The number of aryl methyl sites for hydroxylation is 1. The van der Waals surface area contributed by atoms with Gasteiger partial charge in [0.1, 0.15) is 4.90 Å². The van der Waals surface area contributed by atoms with E-state index < -0.39 is 10.0 Å². The summed E-state index contributed by atoms with van der Waals surface area (Å²) >= 11 is 0. The lowest BCUT2D eigenvalue weighted by Crippen LogP contribution is -2.41. The van der Waals surface area contributed by atoms with Gasteiger partial charge >= 0.3 is 0 Å². The van der Waals surface area contributed by atoms with E-state index in [1.54, 1.807) is 15.2 Å². The third-order valence-electron chi connectivity index (χ3n) is 3.79. The molecular weight excluding hydrogens is 290 g/mol. The highest BCUT2D eigenvalue weighted by atomic mass is 32.2. The molecule has 0 spiro atoms. The lowest BCUT2D eigenvalue weighted by Gasteiger charge is -2.26. The zero-order chi connectivity index (χ0) is 15.5. The van der Waals surface area contributed by atoms with Gasteiger partial charge in [-0.25, -0.2) is 8.42 Å². The fourth-order valence-electron chi connectivity index (χ4n) is 2.70. The topological polar surface area (TPSA) is 84.5 Å². The van der Waals surface area contributed by atoms with E-state index >= 15 is 0 Å². The van der Waals surface area contributed by atoms with Gasteiger partial charge in [-0.1, -0.05) is 0 Å². The van der Waals surface area contributed by atoms with Crippen molar-refractivity contribution in [2.45, 2.75) is 37.2 Å². The Balaban J connectivity index is 2.18. The standard InChI is InChI=1S/C13H25N5O2S/c1-12-10-16(2)6-4-8-18(12)21(19,20)13-9-15-17(11-13)7-3-5-14/h9,11-12H,3-8,10,14H2,1-2H3. The predicted molar refractivity (Wildman–Crippen MR) is 81.4 cm³/mol. The second-order valence-electron chi connectivity index (χ2n) is 5.66. The molecule has 0 saturated carbocycles. The Bertz CT molecular complexity index is 557. The molecule has 120 valence electrons.